The average molecular weight is 345 g/mol. The summed E-state index contributed by atoms with van der Waals surface area (Å²) in [5.74, 6) is 1.17. The fraction of sp³-hybridized carbons (Fsp3) is 0.500. The number of carbonyl (C=O) groups excluding carboxylic acids is 2. The van der Waals surface area contributed by atoms with Gasteiger partial charge in [-0.1, -0.05) is 0 Å². The van der Waals surface area contributed by atoms with Crippen LogP contribution in [0.4, 0.5) is 0 Å². The number of nitriles is 1. The maximum atomic E-state index is 12.6. The van der Waals surface area contributed by atoms with Crippen LogP contribution in [-0.4, -0.2) is 50.6 Å². The zero-order valence-electron chi connectivity index (χ0n) is 14.6. The van der Waals surface area contributed by atoms with Crippen molar-refractivity contribution >= 4 is 11.8 Å². The second-order valence-electron chi connectivity index (χ2n) is 5.94. The molecule has 0 aliphatic carbocycles. The van der Waals surface area contributed by atoms with E-state index in [-0.39, 0.29) is 18.2 Å². The van der Waals surface area contributed by atoms with Crippen LogP contribution in [-0.2, 0) is 4.79 Å². The Bertz CT molecular complexity index is 661. The lowest BCUT2D eigenvalue weighted by molar-refractivity contribution is -0.120. The van der Waals surface area contributed by atoms with Gasteiger partial charge in [0.1, 0.15) is 6.42 Å². The minimum Gasteiger partial charge on any atom is -0.493 e. The molecular formula is C18H23N3O4. The van der Waals surface area contributed by atoms with E-state index in [1.165, 1.54) is 7.11 Å². The molecule has 1 saturated heterocycles. The molecule has 25 heavy (non-hydrogen) atoms. The van der Waals surface area contributed by atoms with Crippen molar-refractivity contribution < 1.29 is 19.1 Å². The van der Waals surface area contributed by atoms with Gasteiger partial charge in [-0.15, -0.1) is 0 Å². The zero-order valence-corrected chi connectivity index (χ0v) is 14.6. The standard InChI is InChI=1S/C18H23N3O4/c1-24-15-4-3-14(11-16(15)25-2)18(23)21-9-6-13(7-10-21)12-20-17(22)5-8-19/h3-4,11,13H,5-7,9-10,12H2,1-2H3,(H,20,22). The fourth-order valence-corrected chi connectivity index (χ4v) is 2.88. The molecule has 0 spiro atoms. The number of carbonyl (C=O) groups is 2. The number of nitrogens with one attached hydrogen (secondary N) is 1. The van der Waals surface area contributed by atoms with Crippen molar-refractivity contribution in [3.05, 3.63) is 23.8 Å². The second kappa shape index (κ2) is 8.92. The number of piperidine rings is 1. The van der Waals surface area contributed by atoms with Crippen LogP contribution in [0.15, 0.2) is 18.2 Å². The molecule has 1 aromatic rings. The smallest absolute Gasteiger partial charge is 0.253 e. The molecule has 1 aliphatic heterocycles. The number of hydrogen-bond donors (Lipinski definition) is 1. The van der Waals surface area contributed by atoms with Gasteiger partial charge in [0.25, 0.3) is 5.91 Å². The first-order chi connectivity index (χ1) is 12.1. The molecular weight excluding hydrogens is 322 g/mol. The summed E-state index contributed by atoms with van der Waals surface area (Å²) >= 11 is 0. The molecule has 0 atom stereocenters. The molecule has 7 heteroatoms. The van der Waals surface area contributed by atoms with Gasteiger partial charge in [-0.2, -0.15) is 5.26 Å². The predicted octanol–water partition coefficient (Wildman–Crippen LogP) is 1.59. The van der Waals surface area contributed by atoms with Gasteiger partial charge in [0.15, 0.2) is 11.5 Å². The highest BCUT2D eigenvalue weighted by Crippen LogP contribution is 2.28. The molecule has 7 nitrogen and oxygen atoms in total. The Morgan fingerprint density at radius 3 is 2.52 bits per heavy atom. The lowest BCUT2D eigenvalue weighted by Gasteiger charge is -2.32. The van der Waals surface area contributed by atoms with E-state index >= 15 is 0 Å². The summed E-state index contributed by atoms with van der Waals surface area (Å²) in [4.78, 5) is 25.8. The van der Waals surface area contributed by atoms with Gasteiger partial charge in [-0.3, -0.25) is 9.59 Å². The number of ether oxygens (including phenoxy) is 2. The van der Waals surface area contributed by atoms with Crippen LogP contribution in [0.3, 0.4) is 0 Å². The zero-order chi connectivity index (χ0) is 18.2. The number of likely N-dealkylation sites (tertiary alicyclic amines) is 1. The predicted molar refractivity (Wildman–Crippen MR) is 91.4 cm³/mol. The van der Waals surface area contributed by atoms with Gasteiger partial charge in [0, 0.05) is 25.2 Å². The third kappa shape index (κ3) is 4.86. The molecule has 1 heterocycles. The molecule has 1 N–H and O–H groups in total. The monoisotopic (exact) mass is 345 g/mol. The Balaban J connectivity index is 1.89. The molecule has 2 amide bonds. The lowest BCUT2D eigenvalue weighted by atomic mass is 9.96. The van der Waals surface area contributed by atoms with Crippen molar-refractivity contribution in [2.75, 3.05) is 33.9 Å². The van der Waals surface area contributed by atoms with Gasteiger partial charge in [-0.05, 0) is 37.0 Å². The largest absolute Gasteiger partial charge is 0.493 e. The van der Waals surface area contributed by atoms with Crippen LogP contribution in [0.2, 0.25) is 0 Å². The Labute approximate surface area is 147 Å². The van der Waals surface area contributed by atoms with Crippen molar-refractivity contribution in [1.82, 2.24) is 10.2 Å². The Morgan fingerprint density at radius 2 is 1.92 bits per heavy atom. The van der Waals surface area contributed by atoms with Gasteiger partial charge < -0.3 is 19.7 Å². The first kappa shape index (κ1) is 18.6. The minimum absolute atomic E-state index is 0.0343. The van der Waals surface area contributed by atoms with Gasteiger partial charge in [0.05, 0.1) is 20.3 Å². The van der Waals surface area contributed by atoms with Crippen molar-refractivity contribution in [3.8, 4) is 17.6 Å². The number of rotatable bonds is 6. The Hall–Kier alpha value is -2.75. The van der Waals surface area contributed by atoms with E-state index in [4.69, 9.17) is 14.7 Å². The maximum Gasteiger partial charge on any atom is 0.253 e. The fourth-order valence-electron chi connectivity index (χ4n) is 2.88. The van der Waals surface area contributed by atoms with Gasteiger partial charge in [-0.25, -0.2) is 0 Å². The van der Waals surface area contributed by atoms with E-state index in [1.807, 2.05) is 11.0 Å². The van der Waals surface area contributed by atoms with Crippen molar-refractivity contribution in [2.45, 2.75) is 19.3 Å². The molecule has 1 aromatic carbocycles. The molecule has 0 radical (unpaired) electrons. The summed E-state index contributed by atoms with van der Waals surface area (Å²) in [5.41, 5.74) is 0.568. The SMILES string of the molecule is COc1ccc(C(=O)N2CCC(CNC(=O)CC#N)CC2)cc1OC. The topological polar surface area (TPSA) is 91.7 Å². The van der Waals surface area contributed by atoms with Crippen LogP contribution in [0, 0.1) is 17.2 Å². The molecule has 134 valence electrons. The highest BCUT2D eigenvalue weighted by Gasteiger charge is 2.24. The number of benzene rings is 1. The van der Waals surface area contributed by atoms with Crippen molar-refractivity contribution in [2.24, 2.45) is 5.92 Å². The van der Waals surface area contributed by atoms with Crippen LogP contribution < -0.4 is 14.8 Å². The van der Waals surface area contributed by atoms with E-state index in [1.54, 1.807) is 25.3 Å². The third-order valence-electron chi connectivity index (χ3n) is 4.36. The summed E-state index contributed by atoms with van der Waals surface area (Å²) in [6.07, 6.45) is 1.54. The van der Waals surface area contributed by atoms with E-state index < -0.39 is 0 Å². The third-order valence-corrected chi connectivity index (χ3v) is 4.36. The number of methoxy groups -OCH3 is 2. The minimum atomic E-state index is -0.244. The summed E-state index contributed by atoms with van der Waals surface area (Å²) < 4.78 is 10.4. The maximum absolute atomic E-state index is 12.6. The number of nitrogens with zero attached hydrogens (tertiary/aromatic N) is 2. The number of amides is 2. The van der Waals surface area contributed by atoms with Crippen LogP contribution >= 0.6 is 0 Å². The molecule has 2 rings (SSSR count). The highest BCUT2D eigenvalue weighted by molar-refractivity contribution is 5.95. The lowest BCUT2D eigenvalue weighted by Crippen LogP contribution is -2.41. The second-order valence-corrected chi connectivity index (χ2v) is 5.94. The van der Waals surface area contributed by atoms with E-state index in [0.29, 0.717) is 42.6 Å². The van der Waals surface area contributed by atoms with Crippen LogP contribution in [0.25, 0.3) is 0 Å². The summed E-state index contributed by atoms with van der Waals surface area (Å²) in [7, 11) is 3.09. The number of hydrogen-bond acceptors (Lipinski definition) is 5. The molecule has 0 aromatic heterocycles. The molecule has 0 bridgehead atoms. The van der Waals surface area contributed by atoms with E-state index in [0.717, 1.165) is 12.8 Å². The quantitative estimate of drug-likeness (QED) is 0.845. The van der Waals surface area contributed by atoms with Crippen molar-refractivity contribution in [3.63, 3.8) is 0 Å². The van der Waals surface area contributed by atoms with E-state index in [2.05, 4.69) is 5.32 Å². The molecule has 1 aliphatic rings. The molecule has 0 unspecified atom stereocenters. The summed E-state index contributed by atoms with van der Waals surface area (Å²) in [6.45, 7) is 1.84. The van der Waals surface area contributed by atoms with Crippen molar-refractivity contribution in [1.29, 1.82) is 5.26 Å². The summed E-state index contributed by atoms with van der Waals surface area (Å²) in [6, 6.07) is 6.98. The average Bonchev–Trinajstić information content (AvgIpc) is 2.65. The van der Waals surface area contributed by atoms with Crippen LogP contribution in [0.1, 0.15) is 29.6 Å². The molecule has 1 fully saturated rings. The highest BCUT2D eigenvalue weighted by atomic mass is 16.5. The van der Waals surface area contributed by atoms with Crippen LogP contribution in [0.5, 0.6) is 11.5 Å². The van der Waals surface area contributed by atoms with E-state index in [9.17, 15) is 9.59 Å². The summed E-state index contributed by atoms with van der Waals surface area (Å²) in [5, 5.41) is 11.2. The molecule has 0 saturated carbocycles. The normalized spacial score (nSPS) is 14.5. The Morgan fingerprint density at radius 1 is 1.24 bits per heavy atom. The van der Waals surface area contributed by atoms with Gasteiger partial charge in [0.2, 0.25) is 5.91 Å². The first-order valence-corrected chi connectivity index (χ1v) is 8.24. The first-order valence-electron chi connectivity index (χ1n) is 8.24. The van der Waals surface area contributed by atoms with Gasteiger partial charge >= 0.3 is 0 Å². The Kier molecular flexibility index (Phi) is 6.63.